The summed E-state index contributed by atoms with van der Waals surface area (Å²) in [4.78, 5) is 11.5. The molecule has 0 aromatic carbocycles. The minimum Gasteiger partial charge on any atom is -0.472 e. The van der Waals surface area contributed by atoms with E-state index in [1.54, 1.807) is 12.5 Å². The van der Waals surface area contributed by atoms with Gasteiger partial charge < -0.3 is 9.73 Å². The highest BCUT2D eigenvalue weighted by molar-refractivity contribution is 5.81. The molecule has 0 aliphatic heterocycles. The second-order valence-corrected chi connectivity index (χ2v) is 3.51. The molecule has 0 amide bonds. The van der Waals surface area contributed by atoms with Crippen LogP contribution in [0.2, 0.25) is 0 Å². The topological polar surface area (TPSA) is 42.2 Å². The van der Waals surface area contributed by atoms with Crippen LogP contribution in [0, 0.1) is 0 Å². The Kier molecular flexibility index (Phi) is 4.40. The Morgan fingerprint density at radius 1 is 1.64 bits per heavy atom. The van der Waals surface area contributed by atoms with Crippen LogP contribution < -0.4 is 5.32 Å². The summed E-state index contributed by atoms with van der Waals surface area (Å²) in [7, 11) is 0. The van der Waals surface area contributed by atoms with Crippen molar-refractivity contribution < 1.29 is 9.21 Å². The number of carbonyl (C=O) groups excluding carboxylic acids is 1. The van der Waals surface area contributed by atoms with Crippen molar-refractivity contribution in [2.24, 2.45) is 0 Å². The quantitative estimate of drug-likeness (QED) is 0.752. The van der Waals surface area contributed by atoms with Gasteiger partial charge in [-0.05, 0) is 25.1 Å². The molecular formula is C11H17NO2. The first-order valence-corrected chi connectivity index (χ1v) is 4.98. The van der Waals surface area contributed by atoms with E-state index in [4.69, 9.17) is 4.42 Å². The predicted molar refractivity (Wildman–Crippen MR) is 55.2 cm³/mol. The molecule has 0 saturated heterocycles. The Morgan fingerprint density at radius 2 is 2.43 bits per heavy atom. The molecule has 0 aliphatic rings. The van der Waals surface area contributed by atoms with Crippen LogP contribution in [0.15, 0.2) is 23.0 Å². The van der Waals surface area contributed by atoms with Gasteiger partial charge in [0.15, 0.2) is 0 Å². The van der Waals surface area contributed by atoms with E-state index < -0.39 is 0 Å². The lowest BCUT2D eigenvalue weighted by Crippen LogP contribution is -2.28. The van der Waals surface area contributed by atoms with E-state index in [0.717, 1.165) is 12.1 Å². The van der Waals surface area contributed by atoms with Crippen molar-refractivity contribution in [3.8, 4) is 0 Å². The van der Waals surface area contributed by atoms with E-state index in [9.17, 15) is 4.79 Å². The molecule has 3 nitrogen and oxygen atoms in total. The van der Waals surface area contributed by atoms with Crippen LogP contribution in [-0.2, 0) is 11.2 Å². The molecule has 78 valence electrons. The molecule has 0 radical (unpaired) electrons. The number of Topliss-reactive ketones (excluding diaryl/α,β-unsaturated/α-hetero) is 1. The lowest BCUT2D eigenvalue weighted by Gasteiger charge is -2.10. The van der Waals surface area contributed by atoms with E-state index in [0.29, 0.717) is 12.8 Å². The van der Waals surface area contributed by atoms with Gasteiger partial charge in [-0.15, -0.1) is 0 Å². The molecule has 0 saturated carbocycles. The van der Waals surface area contributed by atoms with Gasteiger partial charge >= 0.3 is 0 Å². The van der Waals surface area contributed by atoms with E-state index >= 15 is 0 Å². The average Bonchev–Trinajstić information content (AvgIpc) is 2.56. The fourth-order valence-electron chi connectivity index (χ4n) is 1.46. The van der Waals surface area contributed by atoms with Crippen LogP contribution in [0.3, 0.4) is 0 Å². The molecule has 1 unspecified atom stereocenters. The Morgan fingerprint density at radius 3 is 3.00 bits per heavy atom. The zero-order valence-electron chi connectivity index (χ0n) is 8.75. The summed E-state index contributed by atoms with van der Waals surface area (Å²) in [5.74, 6) is 0.250. The smallest absolute Gasteiger partial charge is 0.138 e. The van der Waals surface area contributed by atoms with E-state index in [1.807, 2.05) is 19.9 Å². The summed E-state index contributed by atoms with van der Waals surface area (Å²) in [5, 5.41) is 3.21. The van der Waals surface area contributed by atoms with Crippen LogP contribution in [-0.4, -0.2) is 18.4 Å². The number of furan rings is 1. The summed E-state index contributed by atoms with van der Waals surface area (Å²) in [5.41, 5.74) is 0.957. The number of ketones is 1. The van der Waals surface area contributed by atoms with Crippen molar-refractivity contribution in [1.82, 2.24) is 5.32 Å². The number of hydrogen-bond acceptors (Lipinski definition) is 3. The van der Waals surface area contributed by atoms with Gasteiger partial charge in [0, 0.05) is 18.9 Å². The second-order valence-electron chi connectivity index (χ2n) is 3.51. The Labute approximate surface area is 84.5 Å². The van der Waals surface area contributed by atoms with Crippen molar-refractivity contribution in [3.63, 3.8) is 0 Å². The molecule has 3 heteroatoms. The van der Waals surface area contributed by atoms with Gasteiger partial charge in [0.1, 0.15) is 5.78 Å². The molecule has 0 spiro atoms. The van der Waals surface area contributed by atoms with Crippen LogP contribution in [0.5, 0.6) is 0 Å². The fraction of sp³-hybridized carbons (Fsp3) is 0.545. The summed E-state index contributed by atoms with van der Waals surface area (Å²) < 4.78 is 4.90. The summed E-state index contributed by atoms with van der Waals surface area (Å²) in [6.07, 6.45) is 4.28. The van der Waals surface area contributed by atoms with Crippen molar-refractivity contribution in [3.05, 3.63) is 24.2 Å². The van der Waals surface area contributed by atoms with Gasteiger partial charge in [-0.3, -0.25) is 4.79 Å². The van der Waals surface area contributed by atoms with E-state index in [-0.39, 0.29) is 11.8 Å². The first-order valence-electron chi connectivity index (χ1n) is 4.98. The molecule has 0 fully saturated rings. The molecule has 1 aromatic rings. The van der Waals surface area contributed by atoms with Gasteiger partial charge in [-0.1, -0.05) is 6.92 Å². The number of nitrogens with one attached hydrogen (secondary N) is 1. The first kappa shape index (κ1) is 11.0. The molecule has 0 aliphatic carbocycles. The fourth-order valence-corrected chi connectivity index (χ4v) is 1.46. The van der Waals surface area contributed by atoms with Crippen LogP contribution in [0.1, 0.15) is 25.8 Å². The maximum Gasteiger partial charge on any atom is 0.138 e. The number of rotatable bonds is 6. The largest absolute Gasteiger partial charge is 0.472 e. The summed E-state index contributed by atoms with van der Waals surface area (Å²) in [6.45, 7) is 4.97. The minimum atomic E-state index is 0.250. The molecule has 0 bridgehead atoms. The van der Waals surface area contributed by atoms with Gasteiger partial charge in [-0.2, -0.15) is 0 Å². The number of hydrogen-bond donors (Lipinski definition) is 1. The highest BCUT2D eigenvalue weighted by Gasteiger charge is 2.09. The highest BCUT2D eigenvalue weighted by Crippen LogP contribution is 2.04. The molecular weight excluding hydrogens is 178 g/mol. The molecule has 1 heterocycles. The third-order valence-corrected chi connectivity index (χ3v) is 2.07. The van der Waals surface area contributed by atoms with Crippen LogP contribution >= 0.6 is 0 Å². The second kappa shape index (κ2) is 5.60. The molecule has 1 atom stereocenters. The van der Waals surface area contributed by atoms with Crippen LogP contribution in [0.25, 0.3) is 0 Å². The van der Waals surface area contributed by atoms with Gasteiger partial charge in [0.05, 0.1) is 12.5 Å². The predicted octanol–water partition coefficient (Wildman–Crippen LogP) is 1.78. The Bertz CT molecular complexity index is 267. The molecule has 1 rings (SSSR count). The van der Waals surface area contributed by atoms with Crippen LogP contribution in [0.4, 0.5) is 0 Å². The van der Waals surface area contributed by atoms with Gasteiger partial charge in [0.2, 0.25) is 0 Å². The third-order valence-electron chi connectivity index (χ3n) is 2.07. The first-order chi connectivity index (χ1) is 6.72. The van der Waals surface area contributed by atoms with Gasteiger partial charge in [0.25, 0.3) is 0 Å². The number of carbonyl (C=O) groups is 1. The van der Waals surface area contributed by atoms with Crippen molar-refractivity contribution >= 4 is 5.78 Å². The van der Waals surface area contributed by atoms with Crippen molar-refractivity contribution in [1.29, 1.82) is 0 Å². The highest BCUT2D eigenvalue weighted by atomic mass is 16.3. The van der Waals surface area contributed by atoms with E-state index in [1.165, 1.54) is 0 Å². The summed E-state index contributed by atoms with van der Waals surface area (Å²) >= 11 is 0. The zero-order chi connectivity index (χ0) is 10.4. The third kappa shape index (κ3) is 3.75. The standard InChI is InChI=1S/C11H17NO2/c1-3-12-9(2)6-11(13)7-10-4-5-14-8-10/h4-5,8-9,12H,3,6-7H2,1-2H3. The van der Waals surface area contributed by atoms with Gasteiger partial charge in [-0.25, -0.2) is 0 Å². The SMILES string of the molecule is CCNC(C)CC(=O)Cc1ccoc1. The average molecular weight is 195 g/mol. The molecule has 1 aromatic heterocycles. The van der Waals surface area contributed by atoms with Crippen molar-refractivity contribution in [2.75, 3.05) is 6.54 Å². The zero-order valence-corrected chi connectivity index (χ0v) is 8.75. The molecule has 1 N–H and O–H groups in total. The maximum absolute atomic E-state index is 11.5. The maximum atomic E-state index is 11.5. The lowest BCUT2D eigenvalue weighted by atomic mass is 10.1. The molecule has 14 heavy (non-hydrogen) atoms. The summed E-state index contributed by atoms with van der Waals surface area (Å²) in [6, 6.07) is 2.09. The van der Waals surface area contributed by atoms with Crippen molar-refractivity contribution in [2.45, 2.75) is 32.7 Å². The minimum absolute atomic E-state index is 0.250. The lowest BCUT2D eigenvalue weighted by molar-refractivity contribution is -0.118. The normalized spacial score (nSPS) is 12.7. The van der Waals surface area contributed by atoms with E-state index in [2.05, 4.69) is 5.32 Å². The Hall–Kier alpha value is -1.09. The Balaban J connectivity index is 2.29. The monoisotopic (exact) mass is 195 g/mol.